The molecule has 0 saturated carbocycles. The lowest BCUT2D eigenvalue weighted by Crippen LogP contribution is -2.23. The first-order valence-electron chi connectivity index (χ1n) is 5.91. The average Bonchev–Trinajstić information content (AvgIpc) is 2.82. The van der Waals surface area contributed by atoms with Gasteiger partial charge in [-0.15, -0.1) is 0 Å². The first kappa shape index (κ1) is 12.1. The Kier molecular flexibility index (Phi) is 4.17. The molecule has 1 saturated heterocycles. The molecule has 1 aromatic rings. The van der Waals surface area contributed by atoms with Crippen LogP contribution >= 0.6 is 0 Å². The summed E-state index contributed by atoms with van der Waals surface area (Å²) in [4.78, 5) is 11.4. The molecule has 17 heavy (non-hydrogen) atoms. The highest BCUT2D eigenvalue weighted by Crippen LogP contribution is 2.11. The average molecular weight is 238 g/mol. The molecular formula is C12H18N2O3. The lowest BCUT2D eigenvalue weighted by atomic mass is 10.2. The van der Waals surface area contributed by atoms with Crippen molar-refractivity contribution in [2.45, 2.75) is 25.5 Å². The van der Waals surface area contributed by atoms with Gasteiger partial charge in [-0.05, 0) is 18.9 Å². The van der Waals surface area contributed by atoms with E-state index in [1.54, 1.807) is 16.8 Å². The predicted octanol–water partition coefficient (Wildman–Crippen LogP) is 0.626. The van der Waals surface area contributed by atoms with Crippen LogP contribution in [-0.4, -0.2) is 30.5 Å². The number of hydrogen-bond acceptors (Lipinski definition) is 4. The predicted molar refractivity (Wildman–Crippen MR) is 64.9 cm³/mol. The second-order valence-electron chi connectivity index (χ2n) is 4.20. The Hall–Kier alpha value is -1.33. The number of pyridine rings is 1. The van der Waals surface area contributed by atoms with Gasteiger partial charge in [0.2, 0.25) is 0 Å². The normalized spacial score (nSPS) is 19.6. The highest BCUT2D eigenvalue weighted by molar-refractivity contribution is 5.33. The van der Waals surface area contributed by atoms with E-state index in [4.69, 9.17) is 15.2 Å². The van der Waals surface area contributed by atoms with E-state index in [0.29, 0.717) is 25.4 Å². The van der Waals surface area contributed by atoms with Crippen LogP contribution in [-0.2, 0) is 16.0 Å². The molecule has 0 aromatic carbocycles. The number of hydrogen-bond donors (Lipinski definition) is 1. The van der Waals surface area contributed by atoms with Crippen molar-refractivity contribution in [3.63, 3.8) is 0 Å². The first-order valence-corrected chi connectivity index (χ1v) is 5.91. The highest BCUT2D eigenvalue weighted by Gasteiger charge is 2.14. The summed E-state index contributed by atoms with van der Waals surface area (Å²) < 4.78 is 12.5. The number of nitrogens with two attached hydrogens (primary N) is 1. The second-order valence-corrected chi connectivity index (χ2v) is 4.20. The lowest BCUT2D eigenvalue weighted by Gasteiger charge is -2.11. The Labute approximate surface area is 100 Å². The summed E-state index contributed by atoms with van der Waals surface area (Å²) in [6, 6.07) is 3.07. The fourth-order valence-electron chi connectivity index (χ4n) is 1.88. The first-order chi connectivity index (χ1) is 8.25. The van der Waals surface area contributed by atoms with Gasteiger partial charge in [-0.25, -0.2) is 0 Å². The van der Waals surface area contributed by atoms with Crippen LogP contribution in [0.15, 0.2) is 23.1 Å². The van der Waals surface area contributed by atoms with Crippen molar-refractivity contribution >= 4 is 5.69 Å². The molecule has 2 rings (SSSR count). The van der Waals surface area contributed by atoms with Crippen molar-refractivity contribution in [1.29, 1.82) is 0 Å². The van der Waals surface area contributed by atoms with Gasteiger partial charge in [0.15, 0.2) is 0 Å². The summed E-state index contributed by atoms with van der Waals surface area (Å²) in [5.74, 6) is 0. The van der Waals surface area contributed by atoms with Gasteiger partial charge in [-0.1, -0.05) is 0 Å². The van der Waals surface area contributed by atoms with Crippen molar-refractivity contribution in [2.24, 2.45) is 0 Å². The summed E-state index contributed by atoms with van der Waals surface area (Å²) in [7, 11) is 0. The van der Waals surface area contributed by atoms with Crippen LogP contribution in [0.1, 0.15) is 12.8 Å². The van der Waals surface area contributed by atoms with Gasteiger partial charge in [0, 0.05) is 31.1 Å². The van der Waals surface area contributed by atoms with Gasteiger partial charge in [-0.2, -0.15) is 0 Å². The Morgan fingerprint density at radius 3 is 3.18 bits per heavy atom. The standard InChI is InChI=1S/C12H18N2O3/c13-10-3-4-12(15)14(8-10)5-7-16-9-11-2-1-6-17-11/h3-4,8,11H,1-2,5-7,9,13H2. The monoisotopic (exact) mass is 238 g/mol. The lowest BCUT2D eigenvalue weighted by molar-refractivity contribution is 0.0147. The van der Waals surface area contributed by atoms with Gasteiger partial charge < -0.3 is 19.8 Å². The van der Waals surface area contributed by atoms with Crippen LogP contribution in [0.3, 0.4) is 0 Å². The van der Waals surface area contributed by atoms with E-state index in [2.05, 4.69) is 0 Å². The van der Waals surface area contributed by atoms with Crippen LogP contribution in [0.5, 0.6) is 0 Å². The van der Waals surface area contributed by atoms with E-state index in [-0.39, 0.29) is 11.7 Å². The molecular weight excluding hydrogens is 220 g/mol. The third-order valence-corrected chi connectivity index (χ3v) is 2.81. The smallest absolute Gasteiger partial charge is 0.250 e. The minimum atomic E-state index is -0.0556. The number of anilines is 1. The molecule has 1 aromatic heterocycles. The molecule has 1 aliphatic heterocycles. The number of rotatable bonds is 5. The third-order valence-electron chi connectivity index (χ3n) is 2.81. The molecule has 5 heteroatoms. The SMILES string of the molecule is Nc1ccc(=O)n(CCOCC2CCCO2)c1. The van der Waals surface area contributed by atoms with Crippen molar-refractivity contribution in [1.82, 2.24) is 4.57 Å². The minimum absolute atomic E-state index is 0.0556. The molecule has 0 radical (unpaired) electrons. The van der Waals surface area contributed by atoms with E-state index in [1.165, 1.54) is 6.07 Å². The Morgan fingerprint density at radius 2 is 2.41 bits per heavy atom. The molecule has 1 aliphatic rings. The van der Waals surface area contributed by atoms with E-state index in [0.717, 1.165) is 19.4 Å². The molecule has 94 valence electrons. The fraction of sp³-hybridized carbons (Fsp3) is 0.583. The maximum atomic E-state index is 11.4. The van der Waals surface area contributed by atoms with Gasteiger partial charge in [0.05, 0.1) is 19.3 Å². The summed E-state index contributed by atoms with van der Waals surface area (Å²) in [6.45, 7) is 2.47. The molecule has 0 amide bonds. The summed E-state index contributed by atoms with van der Waals surface area (Å²) >= 11 is 0. The molecule has 1 unspecified atom stereocenters. The zero-order valence-corrected chi connectivity index (χ0v) is 9.80. The molecule has 2 heterocycles. The zero-order valence-electron chi connectivity index (χ0n) is 9.80. The number of nitrogen functional groups attached to an aromatic ring is 1. The van der Waals surface area contributed by atoms with E-state index >= 15 is 0 Å². The molecule has 2 N–H and O–H groups in total. The van der Waals surface area contributed by atoms with Crippen molar-refractivity contribution in [3.05, 3.63) is 28.7 Å². The number of nitrogens with zero attached hydrogens (tertiary/aromatic N) is 1. The molecule has 1 atom stereocenters. The van der Waals surface area contributed by atoms with E-state index in [9.17, 15) is 4.79 Å². The molecule has 0 spiro atoms. The van der Waals surface area contributed by atoms with Gasteiger partial charge >= 0.3 is 0 Å². The largest absolute Gasteiger partial charge is 0.398 e. The van der Waals surface area contributed by atoms with Crippen LogP contribution < -0.4 is 11.3 Å². The molecule has 0 bridgehead atoms. The summed E-state index contributed by atoms with van der Waals surface area (Å²) in [6.07, 6.45) is 4.05. The van der Waals surface area contributed by atoms with Crippen molar-refractivity contribution in [3.8, 4) is 0 Å². The maximum Gasteiger partial charge on any atom is 0.250 e. The van der Waals surface area contributed by atoms with Crippen LogP contribution in [0.25, 0.3) is 0 Å². The number of aromatic nitrogens is 1. The van der Waals surface area contributed by atoms with Crippen molar-refractivity contribution in [2.75, 3.05) is 25.6 Å². The van der Waals surface area contributed by atoms with E-state index in [1.807, 2.05) is 0 Å². The highest BCUT2D eigenvalue weighted by atomic mass is 16.5. The molecule has 0 aliphatic carbocycles. The fourth-order valence-corrected chi connectivity index (χ4v) is 1.88. The van der Waals surface area contributed by atoms with Crippen LogP contribution in [0.2, 0.25) is 0 Å². The zero-order chi connectivity index (χ0) is 12.1. The van der Waals surface area contributed by atoms with Gasteiger partial charge in [0.1, 0.15) is 0 Å². The minimum Gasteiger partial charge on any atom is -0.398 e. The van der Waals surface area contributed by atoms with Crippen LogP contribution in [0, 0.1) is 0 Å². The van der Waals surface area contributed by atoms with Gasteiger partial charge in [-0.3, -0.25) is 4.79 Å². The molecule has 1 fully saturated rings. The summed E-state index contributed by atoms with van der Waals surface area (Å²) in [5.41, 5.74) is 6.14. The van der Waals surface area contributed by atoms with Crippen LogP contribution in [0.4, 0.5) is 5.69 Å². The maximum absolute atomic E-state index is 11.4. The van der Waals surface area contributed by atoms with Crippen molar-refractivity contribution < 1.29 is 9.47 Å². The molecule has 5 nitrogen and oxygen atoms in total. The number of ether oxygens (including phenoxy) is 2. The Bertz CT molecular complexity index is 410. The van der Waals surface area contributed by atoms with Gasteiger partial charge in [0.25, 0.3) is 5.56 Å². The Balaban J connectivity index is 1.74. The topological polar surface area (TPSA) is 66.5 Å². The Morgan fingerprint density at radius 1 is 1.53 bits per heavy atom. The summed E-state index contributed by atoms with van der Waals surface area (Å²) in [5, 5.41) is 0. The second kappa shape index (κ2) is 5.84. The third kappa shape index (κ3) is 3.57. The quantitative estimate of drug-likeness (QED) is 0.764. The van der Waals surface area contributed by atoms with E-state index < -0.39 is 0 Å².